The zero-order chi connectivity index (χ0) is 11.3. The van der Waals surface area contributed by atoms with Gasteiger partial charge in [-0.2, -0.15) is 0 Å². The molecule has 1 aromatic heterocycles. The van der Waals surface area contributed by atoms with E-state index < -0.39 is 0 Å². The van der Waals surface area contributed by atoms with Gasteiger partial charge in [-0.15, -0.1) is 0 Å². The molecule has 1 rings (SSSR count). The van der Waals surface area contributed by atoms with Gasteiger partial charge in [0.05, 0.1) is 17.6 Å². The van der Waals surface area contributed by atoms with Crippen molar-refractivity contribution >= 4 is 5.69 Å². The van der Waals surface area contributed by atoms with Gasteiger partial charge in [0, 0.05) is 13.1 Å². The van der Waals surface area contributed by atoms with Gasteiger partial charge in [-0.3, -0.25) is 9.88 Å². The van der Waals surface area contributed by atoms with Gasteiger partial charge < -0.3 is 5.73 Å². The number of likely N-dealkylation sites (N-methyl/N-ethyl adjacent to an activating group) is 1. The van der Waals surface area contributed by atoms with Crippen LogP contribution < -0.4 is 5.73 Å². The van der Waals surface area contributed by atoms with Crippen molar-refractivity contribution in [2.45, 2.75) is 20.4 Å². The predicted molar refractivity (Wildman–Crippen MR) is 64.4 cm³/mol. The van der Waals surface area contributed by atoms with E-state index in [1.165, 1.54) is 5.57 Å². The molecule has 0 unspecified atom stereocenters. The average molecular weight is 205 g/mol. The Labute approximate surface area is 91.6 Å². The summed E-state index contributed by atoms with van der Waals surface area (Å²) in [5.74, 6) is 0. The normalized spacial score (nSPS) is 10.6. The van der Waals surface area contributed by atoms with E-state index in [1.54, 1.807) is 6.20 Å². The fourth-order valence-electron chi connectivity index (χ4n) is 1.42. The molecule has 0 bridgehead atoms. The van der Waals surface area contributed by atoms with Crippen molar-refractivity contribution in [3.05, 3.63) is 36.2 Å². The van der Waals surface area contributed by atoms with Crippen LogP contribution in [-0.2, 0) is 6.54 Å². The van der Waals surface area contributed by atoms with E-state index in [4.69, 9.17) is 5.73 Å². The highest BCUT2D eigenvalue weighted by molar-refractivity contribution is 5.34. The second kappa shape index (κ2) is 5.51. The van der Waals surface area contributed by atoms with E-state index in [2.05, 4.69) is 23.4 Å². The molecule has 0 atom stereocenters. The van der Waals surface area contributed by atoms with Crippen LogP contribution in [0.15, 0.2) is 30.5 Å². The molecule has 0 aliphatic carbocycles. The van der Waals surface area contributed by atoms with E-state index in [-0.39, 0.29) is 0 Å². The number of nitrogens with two attached hydrogens (primary N) is 1. The second-order valence-electron chi connectivity index (χ2n) is 3.84. The van der Waals surface area contributed by atoms with E-state index in [9.17, 15) is 0 Å². The van der Waals surface area contributed by atoms with Crippen molar-refractivity contribution in [2.75, 3.05) is 18.8 Å². The molecular formula is C12H19N3. The summed E-state index contributed by atoms with van der Waals surface area (Å²) in [7, 11) is 0. The predicted octanol–water partition coefficient (Wildman–Crippen LogP) is 2.06. The van der Waals surface area contributed by atoms with Crippen LogP contribution in [0.1, 0.15) is 19.5 Å². The first-order valence-corrected chi connectivity index (χ1v) is 5.19. The number of pyridine rings is 1. The molecule has 0 saturated carbocycles. The molecule has 0 amide bonds. The number of nitrogens with zero attached hydrogens (tertiary/aromatic N) is 2. The van der Waals surface area contributed by atoms with Crippen LogP contribution in [0.3, 0.4) is 0 Å². The van der Waals surface area contributed by atoms with Crippen molar-refractivity contribution < 1.29 is 0 Å². The van der Waals surface area contributed by atoms with Crippen LogP contribution in [0.25, 0.3) is 0 Å². The van der Waals surface area contributed by atoms with Crippen LogP contribution >= 0.6 is 0 Å². The largest absolute Gasteiger partial charge is 0.397 e. The van der Waals surface area contributed by atoms with Crippen molar-refractivity contribution in [2.24, 2.45) is 0 Å². The lowest BCUT2D eigenvalue weighted by Gasteiger charge is -2.19. The fourth-order valence-corrected chi connectivity index (χ4v) is 1.42. The summed E-state index contributed by atoms with van der Waals surface area (Å²) in [6, 6.07) is 3.85. The molecule has 2 N–H and O–H groups in total. The number of rotatable bonds is 5. The Morgan fingerprint density at radius 2 is 2.27 bits per heavy atom. The van der Waals surface area contributed by atoms with Crippen LogP contribution in [0.2, 0.25) is 0 Å². The highest BCUT2D eigenvalue weighted by atomic mass is 15.1. The molecule has 0 spiro atoms. The number of hydrogen-bond donors (Lipinski definition) is 1. The van der Waals surface area contributed by atoms with Gasteiger partial charge in [-0.25, -0.2) is 0 Å². The Balaban J connectivity index is 2.58. The minimum absolute atomic E-state index is 0.710. The minimum atomic E-state index is 0.710. The van der Waals surface area contributed by atoms with Crippen molar-refractivity contribution in [3.63, 3.8) is 0 Å². The third-order valence-electron chi connectivity index (χ3n) is 2.17. The summed E-state index contributed by atoms with van der Waals surface area (Å²) in [4.78, 5) is 6.57. The first-order chi connectivity index (χ1) is 7.11. The SMILES string of the molecule is C=C(C)CN(CC)Cc1ccc(N)cn1. The molecule has 0 aromatic carbocycles. The first kappa shape index (κ1) is 11.7. The van der Waals surface area contributed by atoms with E-state index in [1.807, 2.05) is 19.1 Å². The average Bonchev–Trinajstić information content (AvgIpc) is 2.19. The molecule has 0 radical (unpaired) electrons. The minimum Gasteiger partial charge on any atom is -0.397 e. The van der Waals surface area contributed by atoms with Crippen molar-refractivity contribution in [1.82, 2.24) is 9.88 Å². The second-order valence-corrected chi connectivity index (χ2v) is 3.84. The molecule has 1 heterocycles. The molecule has 0 fully saturated rings. The van der Waals surface area contributed by atoms with Gasteiger partial charge >= 0.3 is 0 Å². The summed E-state index contributed by atoms with van der Waals surface area (Å²) in [5.41, 5.74) is 8.51. The van der Waals surface area contributed by atoms with Gasteiger partial charge in [0.25, 0.3) is 0 Å². The lowest BCUT2D eigenvalue weighted by molar-refractivity contribution is 0.301. The van der Waals surface area contributed by atoms with Crippen LogP contribution in [0, 0.1) is 0 Å². The summed E-state index contributed by atoms with van der Waals surface area (Å²) < 4.78 is 0. The molecule has 3 nitrogen and oxygen atoms in total. The third kappa shape index (κ3) is 4.13. The van der Waals surface area contributed by atoms with Crippen LogP contribution in [0.4, 0.5) is 5.69 Å². The van der Waals surface area contributed by atoms with Gasteiger partial charge in [0.15, 0.2) is 0 Å². The zero-order valence-electron chi connectivity index (χ0n) is 9.53. The Kier molecular flexibility index (Phi) is 4.31. The molecule has 1 aromatic rings. The topological polar surface area (TPSA) is 42.1 Å². The lowest BCUT2D eigenvalue weighted by Crippen LogP contribution is -2.24. The number of nitrogen functional groups attached to an aromatic ring is 1. The third-order valence-corrected chi connectivity index (χ3v) is 2.17. The van der Waals surface area contributed by atoms with Gasteiger partial charge in [0.1, 0.15) is 0 Å². The molecular weight excluding hydrogens is 186 g/mol. The molecule has 82 valence electrons. The lowest BCUT2D eigenvalue weighted by atomic mass is 10.2. The van der Waals surface area contributed by atoms with E-state index in [0.29, 0.717) is 5.69 Å². The quantitative estimate of drug-likeness (QED) is 0.748. The van der Waals surface area contributed by atoms with Gasteiger partial charge in [-0.1, -0.05) is 19.1 Å². The number of anilines is 1. The Hall–Kier alpha value is -1.35. The zero-order valence-corrected chi connectivity index (χ0v) is 9.53. The standard InChI is InChI=1S/C12H19N3/c1-4-15(8-10(2)3)9-12-6-5-11(13)7-14-12/h5-7H,2,4,8-9,13H2,1,3H3. The molecule has 0 aliphatic heterocycles. The molecule has 0 aliphatic rings. The van der Waals surface area contributed by atoms with Gasteiger partial charge in [-0.05, 0) is 25.6 Å². The molecule has 3 heteroatoms. The highest BCUT2D eigenvalue weighted by Crippen LogP contribution is 2.06. The summed E-state index contributed by atoms with van der Waals surface area (Å²) in [6.07, 6.45) is 1.70. The maximum absolute atomic E-state index is 5.58. The Morgan fingerprint density at radius 1 is 1.53 bits per heavy atom. The maximum atomic E-state index is 5.58. The first-order valence-electron chi connectivity index (χ1n) is 5.19. The monoisotopic (exact) mass is 205 g/mol. The van der Waals surface area contributed by atoms with Gasteiger partial charge in [0.2, 0.25) is 0 Å². The Bertz CT molecular complexity index is 316. The highest BCUT2D eigenvalue weighted by Gasteiger charge is 2.04. The van der Waals surface area contributed by atoms with E-state index >= 15 is 0 Å². The van der Waals surface area contributed by atoms with Crippen LogP contribution in [-0.4, -0.2) is 23.0 Å². The maximum Gasteiger partial charge on any atom is 0.0545 e. The van der Waals surface area contributed by atoms with Crippen molar-refractivity contribution in [1.29, 1.82) is 0 Å². The smallest absolute Gasteiger partial charge is 0.0545 e. The molecule has 0 saturated heterocycles. The van der Waals surface area contributed by atoms with Crippen molar-refractivity contribution in [3.8, 4) is 0 Å². The summed E-state index contributed by atoms with van der Waals surface area (Å²) in [6.45, 7) is 10.9. The fraction of sp³-hybridized carbons (Fsp3) is 0.417. The Morgan fingerprint density at radius 3 is 2.73 bits per heavy atom. The summed E-state index contributed by atoms with van der Waals surface area (Å²) >= 11 is 0. The van der Waals surface area contributed by atoms with E-state index in [0.717, 1.165) is 25.3 Å². The number of hydrogen-bond acceptors (Lipinski definition) is 3. The summed E-state index contributed by atoms with van der Waals surface area (Å²) in [5, 5.41) is 0. The van der Waals surface area contributed by atoms with Crippen LogP contribution in [0.5, 0.6) is 0 Å². The number of aromatic nitrogens is 1. The molecule has 15 heavy (non-hydrogen) atoms.